The standard InChI is InChI=1S/C19H18N2O4S2/c22-17(16-7-3-5-14-4-1-2-6-15(14)16)11-26-19-21-20-18(25-19)10-13-8-9-27(23,24)12-13/h1-7,13H,8-12H2. The highest BCUT2D eigenvalue weighted by molar-refractivity contribution is 7.99. The summed E-state index contributed by atoms with van der Waals surface area (Å²) in [6, 6.07) is 13.5. The second-order valence-electron chi connectivity index (χ2n) is 6.67. The molecule has 0 bridgehead atoms. The maximum absolute atomic E-state index is 12.6. The van der Waals surface area contributed by atoms with E-state index in [2.05, 4.69) is 10.2 Å². The van der Waals surface area contributed by atoms with Crippen molar-refractivity contribution in [2.45, 2.75) is 18.1 Å². The van der Waals surface area contributed by atoms with Crippen LogP contribution in [0.1, 0.15) is 22.7 Å². The summed E-state index contributed by atoms with van der Waals surface area (Å²) in [6.45, 7) is 0. The van der Waals surface area contributed by atoms with Gasteiger partial charge in [0, 0.05) is 12.0 Å². The third-order valence-corrected chi connectivity index (χ3v) is 7.31. The lowest BCUT2D eigenvalue weighted by Crippen LogP contribution is -2.07. The quantitative estimate of drug-likeness (QED) is 0.462. The average Bonchev–Trinajstić information content (AvgIpc) is 3.25. The van der Waals surface area contributed by atoms with Crippen molar-refractivity contribution in [2.24, 2.45) is 5.92 Å². The fourth-order valence-electron chi connectivity index (χ4n) is 3.33. The van der Waals surface area contributed by atoms with Crippen molar-refractivity contribution >= 4 is 38.2 Å². The minimum Gasteiger partial charge on any atom is -0.416 e. The maximum atomic E-state index is 12.6. The van der Waals surface area contributed by atoms with E-state index in [0.717, 1.165) is 10.8 Å². The molecule has 8 heteroatoms. The van der Waals surface area contributed by atoms with Gasteiger partial charge in [-0.25, -0.2) is 8.42 Å². The third-order valence-electron chi connectivity index (χ3n) is 4.66. The van der Waals surface area contributed by atoms with Gasteiger partial charge in [0.05, 0.1) is 17.3 Å². The maximum Gasteiger partial charge on any atom is 0.277 e. The molecule has 0 amide bonds. The Morgan fingerprint density at radius 1 is 1.15 bits per heavy atom. The summed E-state index contributed by atoms with van der Waals surface area (Å²) in [5.41, 5.74) is 0.677. The van der Waals surface area contributed by atoms with Crippen LogP contribution in [0.2, 0.25) is 0 Å². The molecule has 1 atom stereocenters. The SMILES string of the molecule is O=C(CSc1nnc(CC2CCS(=O)(=O)C2)o1)c1cccc2ccccc12. The monoisotopic (exact) mass is 402 g/mol. The molecule has 6 nitrogen and oxygen atoms in total. The topological polar surface area (TPSA) is 90.1 Å². The van der Waals surface area contributed by atoms with E-state index < -0.39 is 9.84 Å². The first-order valence-electron chi connectivity index (χ1n) is 8.67. The Morgan fingerprint density at radius 3 is 2.78 bits per heavy atom. The number of rotatable bonds is 6. The minimum atomic E-state index is -2.92. The molecule has 1 aromatic heterocycles. The van der Waals surface area contributed by atoms with Crippen molar-refractivity contribution < 1.29 is 17.6 Å². The van der Waals surface area contributed by atoms with Crippen LogP contribution >= 0.6 is 11.8 Å². The van der Waals surface area contributed by atoms with Gasteiger partial charge < -0.3 is 4.42 Å². The second kappa shape index (κ2) is 7.44. The van der Waals surface area contributed by atoms with Crippen LogP contribution in [0.15, 0.2) is 52.1 Å². The summed E-state index contributed by atoms with van der Waals surface area (Å²) in [5, 5.41) is 10.2. The molecule has 1 aliphatic rings. The lowest BCUT2D eigenvalue weighted by Gasteiger charge is -2.04. The van der Waals surface area contributed by atoms with Crippen LogP contribution in [0.4, 0.5) is 0 Å². The number of aromatic nitrogens is 2. The van der Waals surface area contributed by atoms with Crippen LogP contribution in [0.3, 0.4) is 0 Å². The molecule has 2 heterocycles. The number of fused-ring (bicyclic) bond motifs is 1. The van der Waals surface area contributed by atoms with Crippen LogP contribution in [-0.4, -0.2) is 41.7 Å². The van der Waals surface area contributed by atoms with E-state index in [4.69, 9.17) is 4.42 Å². The van der Waals surface area contributed by atoms with Gasteiger partial charge in [0.25, 0.3) is 5.22 Å². The van der Waals surface area contributed by atoms with E-state index in [1.54, 1.807) is 0 Å². The predicted octanol–water partition coefficient (Wildman–Crippen LogP) is 3.18. The lowest BCUT2D eigenvalue weighted by atomic mass is 10.0. The Hall–Kier alpha value is -2.19. The number of ketones is 1. The number of benzene rings is 2. The summed E-state index contributed by atoms with van der Waals surface area (Å²) in [7, 11) is -2.92. The van der Waals surface area contributed by atoms with Gasteiger partial charge in [-0.05, 0) is 23.1 Å². The smallest absolute Gasteiger partial charge is 0.277 e. The number of hydrogen-bond acceptors (Lipinski definition) is 7. The Balaban J connectivity index is 1.39. The highest BCUT2D eigenvalue weighted by Crippen LogP contribution is 2.25. The molecule has 0 radical (unpaired) electrons. The molecule has 140 valence electrons. The predicted molar refractivity (Wildman–Crippen MR) is 104 cm³/mol. The fourth-order valence-corrected chi connectivity index (χ4v) is 5.86. The van der Waals surface area contributed by atoms with E-state index in [0.29, 0.717) is 29.5 Å². The van der Waals surface area contributed by atoms with Gasteiger partial charge in [-0.3, -0.25) is 4.79 Å². The molecule has 0 saturated carbocycles. The number of sulfone groups is 1. The van der Waals surface area contributed by atoms with Crippen LogP contribution in [0.25, 0.3) is 10.8 Å². The minimum absolute atomic E-state index is 0.00145. The van der Waals surface area contributed by atoms with Crippen LogP contribution in [0, 0.1) is 5.92 Å². The highest BCUT2D eigenvalue weighted by Gasteiger charge is 2.29. The first kappa shape index (κ1) is 18.2. The fraction of sp³-hybridized carbons (Fsp3) is 0.316. The van der Waals surface area contributed by atoms with E-state index >= 15 is 0 Å². The molecule has 27 heavy (non-hydrogen) atoms. The van der Waals surface area contributed by atoms with Crippen molar-refractivity contribution in [1.29, 1.82) is 0 Å². The normalized spacial score (nSPS) is 18.7. The van der Waals surface area contributed by atoms with E-state index in [-0.39, 0.29) is 29.0 Å². The van der Waals surface area contributed by atoms with Gasteiger partial charge >= 0.3 is 0 Å². The van der Waals surface area contributed by atoms with E-state index in [1.807, 2.05) is 42.5 Å². The zero-order chi connectivity index (χ0) is 18.9. The van der Waals surface area contributed by atoms with Gasteiger partial charge in [0.1, 0.15) is 0 Å². The molecule has 1 aliphatic heterocycles. The number of carbonyl (C=O) groups is 1. The zero-order valence-electron chi connectivity index (χ0n) is 14.5. The highest BCUT2D eigenvalue weighted by atomic mass is 32.2. The first-order valence-corrected chi connectivity index (χ1v) is 11.5. The first-order chi connectivity index (χ1) is 13.0. The summed E-state index contributed by atoms with van der Waals surface area (Å²) in [4.78, 5) is 12.6. The van der Waals surface area contributed by atoms with Crippen LogP contribution in [-0.2, 0) is 16.3 Å². The Morgan fingerprint density at radius 2 is 1.96 bits per heavy atom. The summed E-state index contributed by atoms with van der Waals surface area (Å²) in [6.07, 6.45) is 1.09. The number of nitrogens with zero attached hydrogens (tertiary/aromatic N) is 2. The van der Waals surface area contributed by atoms with Gasteiger partial charge in [-0.2, -0.15) is 0 Å². The summed E-state index contributed by atoms with van der Waals surface area (Å²) < 4.78 is 28.6. The van der Waals surface area contributed by atoms with Gasteiger partial charge in [-0.15, -0.1) is 10.2 Å². The molecule has 4 rings (SSSR count). The molecule has 2 aromatic carbocycles. The largest absolute Gasteiger partial charge is 0.416 e. The molecule has 1 fully saturated rings. The number of hydrogen-bond donors (Lipinski definition) is 0. The molecule has 1 unspecified atom stereocenters. The third kappa shape index (κ3) is 4.22. The molecule has 3 aromatic rings. The Bertz CT molecular complexity index is 1090. The van der Waals surface area contributed by atoms with Crippen LogP contribution in [0.5, 0.6) is 0 Å². The average molecular weight is 402 g/mol. The van der Waals surface area contributed by atoms with Crippen molar-refractivity contribution in [2.75, 3.05) is 17.3 Å². The van der Waals surface area contributed by atoms with Crippen molar-refractivity contribution in [3.05, 3.63) is 53.9 Å². The number of carbonyl (C=O) groups excluding carboxylic acids is 1. The van der Waals surface area contributed by atoms with Crippen LogP contribution < -0.4 is 0 Å². The lowest BCUT2D eigenvalue weighted by molar-refractivity contribution is 0.102. The van der Waals surface area contributed by atoms with Crippen molar-refractivity contribution in [1.82, 2.24) is 10.2 Å². The van der Waals surface area contributed by atoms with Crippen molar-refractivity contribution in [3.63, 3.8) is 0 Å². The second-order valence-corrected chi connectivity index (χ2v) is 9.83. The molecular weight excluding hydrogens is 384 g/mol. The van der Waals surface area contributed by atoms with Gasteiger partial charge in [0.15, 0.2) is 15.6 Å². The molecule has 0 N–H and O–H groups in total. The molecule has 1 saturated heterocycles. The molecule has 0 spiro atoms. The zero-order valence-corrected chi connectivity index (χ0v) is 16.1. The van der Waals surface area contributed by atoms with E-state index in [9.17, 15) is 13.2 Å². The van der Waals surface area contributed by atoms with Gasteiger partial charge in [0.2, 0.25) is 5.89 Å². The van der Waals surface area contributed by atoms with Gasteiger partial charge in [-0.1, -0.05) is 54.2 Å². The van der Waals surface area contributed by atoms with E-state index in [1.165, 1.54) is 11.8 Å². The molecule has 0 aliphatic carbocycles. The summed E-state index contributed by atoms with van der Waals surface area (Å²) >= 11 is 1.20. The number of thioether (sulfide) groups is 1. The Kier molecular flexibility index (Phi) is 5.01. The number of Topliss-reactive ketones (excluding diaryl/α,β-unsaturated/α-hetero) is 1. The Labute approximate surface area is 161 Å². The molecular formula is C19H18N2O4S2. The van der Waals surface area contributed by atoms with Crippen molar-refractivity contribution in [3.8, 4) is 0 Å². The summed E-state index contributed by atoms with van der Waals surface area (Å²) in [5.74, 6) is 1.07.